The number of aromatic nitrogens is 3. The SMILES string of the molecule is Cc1nc(N)nn1Cc1ccccc1Cl. The molecule has 4 nitrogen and oxygen atoms in total. The second kappa shape index (κ2) is 3.90. The van der Waals surface area contributed by atoms with Gasteiger partial charge >= 0.3 is 0 Å². The standard InChI is InChI=1S/C10H11ClN4/c1-7-13-10(12)14-15(7)6-8-4-2-3-5-9(8)11/h2-5H,6H2,1H3,(H2,12,14). The van der Waals surface area contributed by atoms with Crippen molar-refractivity contribution in [3.63, 3.8) is 0 Å². The van der Waals surface area contributed by atoms with Gasteiger partial charge in [-0.15, -0.1) is 5.10 Å². The van der Waals surface area contributed by atoms with E-state index in [0.29, 0.717) is 12.5 Å². The van der Waals surface area contributed by atoms with E-state index in [1.54, 1.807) is 4.68 Å². The molecule has 0 saturated carbocycles. The summed E-state index contributed by atoms with van der Waals surface area (Å²) in [6.07, 6.45) is 0. The summed E-state index contributed by atoms with van der Waals surface area (Å²) < 4.78 is 1.73. The second-order valence-corrected chi connectivity index (χ2v) is 3.67. The molecule has 0 fully saturated rings. The molecule has 0 aliphatic carbocycles. The van der Waals surface area contributed by atoms with E-state index in [9.17, 15) is 0 Å². The normalized spacial score (nSPS) is 10.5. The highest BCUT2D eigenvalue weighted by Gasteiger charge is 2.05. The summed E-state index contributed by atoms with van der Waals surface area (Å²) in [6.45, 7) is 2.45. The molecule has 0 saturated heterocycles. The zero-order valence-electron chi connectivity index (χ0n) is 8.31. The molecule has 0 spiro atoms. The highest BCUT2D eigenvalue weighted by molar-refractivity contribution is 6.31. The Hall–Kier alpha value is -1.55. The van der Waals surface area contributed by atoms with Crippen molar-refractivity contribution in [2.45, 2.75) is 13.5 Å². The van der Waals surface area contributed by atoms with Gasteiger partial charge in [0.1, 0.15) is 5.82 Å². The maximum atomic E-state index is 6.04. The van der Waals surface area contributed by atoms with E-state index in [-0.39, 0.29) is 0 Å². The fraction of sp³-hybridized carbons (Fsp3) is 0.200. The van der Waals surface area contributed by atoms with Gasteiger partial charge in [-0.25, -0.2) is 4.68 Å². The molecule has 0 amide bonds. The van der Waals surface area contributed by atoms with Gasteiger partial charge in [0.25, 0.3) is 0 Å². The van der Waals surface area contributed by atoms with Gasteiger partial charge in [-0.05, 0) is 18.6 Å². The van der Waals surface area contributed by atoms with Crippen LogP contribution < -0.4 is 5.73 Å². The quantitative estimate of drug-likeness (QED) is 0.844. The van der Waals surface area contributed by atoms with Crippen LogP contribution in [0.15, 0.2) is 24.3 Å². The van der Waals surface area contributed by atoms with E-state index in [2.05, 4.69) is 10.1 Å². The minimum Gasteiger partial charge on any atom is -0.366 e. The summed E-state index contributed by atoms with van der Waals surface area (Å²) in [4.78, 5) is 4.02. The lowest BCUT2D eigenvalue weighted by molar-refractivity contribution is 0.663. The van der Waals surface area contributed by atoms with E-state index >= 15 is 0 Å². The Labute approximate surface area is 92.7 Å². The van der Waals surface area contributed by atoms with Gasteiger partial charge in [0.05, 0.1) is 6.54 Å². The third kappa shape index (κ3) is 2.10. The summed E-state index contributed by atoms with van der Waals surface area (Å²) in [5.41, 5.74) is 6.50. The summed E-state index contributed by atoms with van der Waals surface area (Å²) in [7, 11) is 0. The minimum absolute atomic E-state index is 0.291. The molecule has 2 aromatic rings. The Balaban J connectivity index is 2.29. The van der Waals surface area contributed by atoms with Crippen molar-refractivity contribution >= 4 is 17.5 Å². The Morgan fingerprint density at radius 3 is 2.73 bits per heavy atom. The average Bonchev–Trinajstić information content (AvgIpc) is 2.49. The molecule has 0 bridgehead atoms. The van der Waals surface area contributed by atoms with Crippen LogP contribution in [0.3, 0.4) is 0 Å². The van der Waals surface area contributed by atoms with Crippen LogP contribution in [0, 0.1) is 6.92 Å². The highest BCUT2D eigenvalue weighted by atomic mass is 35.5. The monoisotopic (exact) mass is 222 g/mol. The number of hydrogen-bond acceptors (Lipinski definition) is 3. The van der Waals surface area contributed by atoms with E-state index < -0.39 is 0 Å². The molecule has 5 heteroatoms. The number of nitrogen functional groups attached to an aromatic ring is 1. The third-order valence-electron chi connectivity index (χ3n) is 2.15. The Bertz CT molecular complexity index is 478. The van der Waals surface area contributed by atoms with E-state index in [0.717, 1.165) is 16.4 Å². The maximum absolute atomic E-state index is 6.04. The van der Waals surface area contributed by atoms with Crippen molar-refractivity contribution in [3.8, 4) is 0 Å². The summed E-state index contributed by atoms with van der Waals surface area (Å²) in [6, 6.07) is 7.65. The number of aryl methyl sites for hydroxylation is 1. The third-order valence-corrected chi connectivity index (χ3v) is 2.52. The first-order valence-corrected chi connectivity index (χ1v) is 4.95. The van der Waals surface area contributed by atoms with Gasteiger partial charge in [-0.3, -0.25) is 0 Å². The lowest BCUT2D eigenvalue weighted by Gasteiger charge is -2.04. The lowest BCUT2D eigenvalue weighted by atomic mass is 10.2. The topological polar surface area (TPSA) is 56.7 Å². The zero-order chi connectivity index (χ0) is 10.8. The van der Waals surface area contributed by atoms with Gasteiger partial charge in [-0.1, -0.05) is 29.8 Å². The molecule has 0 aliphatic heterocycles. The number of rotatable bonds is 2. The minimum atomic E-state index is 0.291. The smallest absolute Gasteiger partial charge is 0.239 e. The molecule has 2 rings (SSSR count). The maximum Gasteiger partial charge on any atom is 0.239 e. The molecular formula is C10H11ClN4. The van der Waals surface area contributed by atoms with E-state index in [4.69, 9.17) is 17.3 Å². The summed E-state index contributed by atoms with van der Waals surface area (Å²) in [5, 5.41) is 4.80. The Morgan fingerprint density at radius 2 is 2.13 bits per heavy atom. The molecule has 0 atom stereocenters. The first kappa shape index (κ1) is 9.98. The molecule has 15 heavy (non-hydrogen) atoms. The van der Waals surface area contributed by atoms with Crippen LogP contribution in [0.1, 0.15) is 11.4 Å². The fourth-order valence-electron chi connectivity index (χ4n) is 1.38. The molecule has 0 unspecified atom stereocenters. The predicted molar refractivity (Wildman–Crippen MR) is 59.7 cm³/mol. The highest BCUT2D eigenvalue weighted by Crippen LogP contribution is 2.16. The molecule has 1 aromatic carbocycles. The Kier molecular flexibility index (Phi) is 2.60. The van der Waals surface area contributed by atoms with Gasteiger partial charge in [0.15, 0.2) is 0 Å². The molecule has 2 N–H and O–H groups in total. The van der Waals surface area contributed by atoms with Gasteiger partial charge in [0, 0.05) is 5.02 Å². The number of halogens is 1. The van der Waals surface area contributed by atoms with Crippen LogP contribution in [0.25, 0.3) is 0 Å². The van der Waals surface area contributed by atoms with Crippen LogP contribution in [0.4, 0.5) is 5.95 Å². The van der Waals surface area contributed by atoms with Gasteiger partial charge in [0.2, 0.25) is 5.95 Å². The van der Waals surface area contributed by atoms with E-state index in [1.165, 1.54) is 0 Å². The Morgan fingerprint density at radius 1 is 1.40 bits per heavy atom. The van der Waals surface area contributed by atoms with Crippen molar-refractivity contribution in [3.05, 3.63) is 40.7 Å². The van der Waals surface area contributed by atoms with Crippen molar-refractivity contribution in [2.75, 3.05) is 5.73 Å². The molecule has 1 heterocycles. The van der Waals surface area contributed by atoms with Gasteiger partial charge < -0.3 is 5.73 Å². The zero-order valence-corrected chi connectivity index (χ0v) is 9.07. The number of anilines is 1. The van der Waals surface area contributed by atoms with Gasteiger partial charge in [-0.2, -0.15) is 4.98 Å². The van der Waals surface area contributed by atoms with Crippen molar-refractivity contribution in [1.82, 2.24) is 14.8 Å². The molecule has 78 valence electrons. The number of nitrogens with zero attached hydrogens (tertiary/aromatic N) is 3. The molecule has 0 radical (unpaired) electrons. The number of benzene rings is 1. The lowest BCUT2D eigenvalue weighted by Crippen LogP contribution is -2.04. The summed E-state index contributed by atoms with van der Waals surface area (Å²) >= 11 is 6.04. The molecular weight excluding hydrogens is 212 g/mol. The average molecular weight is 223 g/mol. The number of hydrogen-bond donors (Lipinski definition) is 1. The van der Waals surface area contributed by atoms with Crippen molar-refractivity contribution in [1.29, 1.82) is 0 Å². The van der Waals surface area contributed by atoms with Crippen LogP contribution in [0.2, 0.25) is 5.02 Å². The second-order valence-electron chi connectivity index (χ2n) is 3.27. The number of nitrogens with two attached hydrogens (primary N) is 1. The first-order chi connectivity index (χ1) is 7.16. The molecule has 0 aliphatic rings. The van der Waals surface area contributed by atoms with Crippen LogP contribution in [-0.2, 0) is 6.54 Å². The predicted octanol–water partition coefficient (Wildman–Crippen LogP) is 1.87. The van der Waals surface area contributed by atoms with Crippen LogP contribution in [0.5, 0.6) is 0 Å². The van der Waals surface area contributed by atoms with Crippen molar-refractivity contribution in [2.24, 2.45) is 0 Å². The van der Waals surface area contributed by atoms with Crippen LogP contribution in [-0.4, -0.2) is 14.8 Å². The first-order valence-electron chi connectivity index (χ1n) is 4.57. The molecule has 1 aromatic heterocycles. The fourth-order valence-corrected chi connectivity index (χ4v) is 1.58. The summed E-state index contributed by atoms with van der Waals surface area (Å²) in [5.74, 6) is 1.08. The van der Waals surface area contributed by atoms with Crippen LogP contribution >= 0.6 is 11.6 Å². The van der Waals surface area contributed by atoms with Crippen molar-refractivity contribution < 1.29 is 0 Å². The van der Waals surface area contributed by atoms with E-state index in [1.807, 2.05) is 31.2 Å². The largest absolute Gasteiger partial charge is 0.366 e.